The number of rotatable bonds is 5. The summed E-state index contributed by atoms with van der Waals surface area (Å²) in [6.07, 6.45) is 0.945. The van der Waals surface area contributed by atoms with Crippen LogP contribution < -0.4 is 11.1 Å². The number of hydrogen-bond acceptors (Lipinski definition) is 4. The third kappa shape index (κ3) is 4.44. The lowest BCUT2D eigenvalue weighted by atomic mass is 10.0. The zero-order valence-electron chi connectivity index (χ0n) is 12.9. The first-order valence-corrected chi connectivity index (χ1v) is 7.20. The lowest BCUT2D eigenvalue weighted by Gasteiger charge is -2.41. The van der Waals surface area contributed by atoms with Gasteiger partial charge in [-0.25, -0.2) is 0 Å². The van der Waals surface area contributed by atoms with Gasteiger partial charge in [0.2, 0.25) is 5.91 Å². The average molecular weight is 271 g/mol. The number of nitrogens with zero attached hydrogens (tertiary/aromatic N) is 1. The van der Waals surface area contributed by atoms with Gasteiger partial charge < -0.3 is 15.8 Å². The molecule has 3 atom stereocenters. The third-order valence-corrected chi connectivity index (χ3v) is 4.04. The number of ether oxygens (including phenoxy) is 1. The molecule has 1 saturated heterocycles. The van der Waals surface area contributed by atoms with E-state index in [1.807, 2.05) is 20.8 Å². The molecule has 1 aliphatic rings. The molecule has 3 unspecified atom stereocenters. The smallest absolute Gasteiger partial charge is 0.237 e. The molecule has 1 heterocycles. The molecular weight excluding hydrogens is 242 g/mol. The van der Waals surface area contributed by atoms with E-state index in [4.69, 9.17) is 10.5 Å². The predicted octanol–water partition coefficient (Wildman–Crippen LogP) is 0.728. The SMILES string of the molecule is CCC(C)(C)NC(=O)C(C)N1CC(CN)OCC1C. The van der Waals surface area contributed by atoms with E-state index in [0.717, 1.165) is 13.0 Å². The van der Waals surface area contributed by atoms with Gasteiger partial charge in [-0.2, -0.15) is 0 Å². The standard InChI is InChI=1S/C14H29N3O2/c1-6-14(4,5)16-13(18)11(3)17-8-12(7-15)19-9-10(17)2/h10-12H,6-9,15H2,1-5H3,(H,16,18). The van der Waals surface area contributed by atoms with Crippen LogP contribution in [0.15, 0.2) is 0 Å². The lowest BCUT2D eigenvalue weighted by Crippen LogP contribution is -2.59. The minimum Gasteiger partial charge on any atom is -0.374 e. The van der Waals surface area contributed by atoms with Gasteiger partial charge in [-0.15, -0.1) is 0 Å². The molecule has 0 aliphatic carbocycles. The molecule has 0 aromatic carbocycles. The summed E-state index contributed by atoms with van der Waals surface area (Å²) in [5, 5.41) is 3.10. The van der Waals surface area contributed by atoms with Crippen LogP contribution in [-0.4, -0.2) is 54.2 Å². The zero-order valence-corrected chi connectivity index (χ0v) is 12.9. The molecule has 0 saturated carbocycles. The Morgan fingerprint density at radius 3 is 2.74 bits per heavy atom. The van der Waals surface area contributed by atoms with Gasteiger partial charge in [0.05, 0.1) is 18.8 Å². The van der Waals surface area contributed by atoms with Gasteiger partial charge >= 0.3 is 0 Å². The molecule has 5 nitrogen and oxygen atoms in total. The fraction of sp³-hybridized carbons (Fsp3) is 0.929. The van der Waals surface area contributed by atoms with Crippen LogP contribution in [0.5, 0.6) is 0 Å². The molecular formula is C14H29N3O2. The maximum absolute atomic E-state index is 12.3. The van der Waals surface area contributed by atoms with Crippen LogP contribution in [0.3, 0.4) is 0 Å². The van der Waals surface area contributed by atoms with Gasteiger partial charge in [0.25, 0.3) is 0 Å². The summed E-state index contributed by atoms with van der Waals surface area (Å²) in [5.74, 6) is 0.0800. The van der Waals surface area contributed by atoms with E-state index >= 15 is 0 Å². The fourth-order valence-electron chi connectivity index (χ4n) is 2.20. The predicted molar refractivity (Wildman–Crippen MR) is 76.9 cm³/mol. The number of carbonyl (C=O) groups is 1. The van der Waals surface area contributed by atoms with Crippen molar-refractivity contribution >= 4 is 5.91 Å². The van der Waals surface area contributed by atoms with Crippen LogP contribution in [0.2, 0.25) is 0 Å². The summed E-state index contributed by atoms with van der Waals surface area (Å²) in [7, 11) is 0. The number of carbonyl (C=O) groups excluding carboxylic acids is 1. The van der Waals surface area contributed by atoms with E-state index in [0.29, 0.717) is 13.2 Å². The minimum absolute atomic E-state index is 0.0330. The van der Waals surface area contributed by atoms with Gasteiger partial charge in [0.15, 0.2) is 0 Å². The van der Waals surface area contributed by atoms with Crippen molar-refractivity contribution in [2.75, 3.05) is 19.7 Å². The van der Waals surface area contributed by atoms with Crippen LogP contribution in [0.1, 0.15) is 41.0 Å². The van der Waals surface area contributed by atoms with Crippen LogP contribution in [0, 0.1) is 0 Å². The van der Waals surface area contributed by atoms with Crippen LogP contribution in [0.25, 0.3) is 0 Å². The maximum atomic E-state index is 12.3. The molecule has 1 amide bonds. The Morgan fingerprint density at radius 1 is 1.58 bits per heavy atom. The van der Waals surface area contributed by atoms with Crippen LogP contribution in [-0.2, 0) is 9.53 Å². The number of hydrogen-bond donors (Lipinski definition) is 2. The summed E-state index contributed by atoms with van der Waals surface area (Å²) in [5.41, 5.74) is 5.50. The Labute approximate surface area is 116 Å². The van der Waals surface area contributed by atoms with E-state index in [-0.39, 0.29) is 29.6 Å². The summed E-state index contributed by atoms with van der Waals surface area (Å²) in [4.78, 5) is 14.5. The first kappa shape index (κ1) is 16.4. The molecule has 1 aliphatic heterocycles. The first-order valence-electron chi connectivity index (χ1n) is 7.20. The molecule has 3 N–H and O–H groups in total. The summed E-state index contributed by atoms with van der Waals surface area (Å²) < 4.78 is 5.62. The Kier molecular flexibility index (Phi) is 5.77. The van der Waals surface area contributed by atoms with Crippen molar-refractivity contribution in [2.45, 2.75) is 64.8 Å². The third-order valence-electron chi connectivity index (χ3n) is 4.04. The summed E-state index contributed by atoms with van der Waals surface area (Å²) >= 11 is 0. The topological polar surface area (TPSA) is 67.6 Å². The molecule has 1 rings (SSSR count). The molecule has 19 heavy (non-hydrogen) atoms. The molecule has 0 bridgehead atoms. The van der Waals surface area contributed by atoms with Crippen molar-refractivity contribution in [1.29, 1.82) is 0 Å². The van der Waals surface area contributed by atoms with Crippen molar-refractivity contribution in [3.63, 3.8) is 0 Å². The van der Waals surface area contributed by atoms with E-state index in [9.17, 15) is 4.79 Å². The lowest BCUT2D eigenvalue weighted by molar-refractivity contribution is -0.133. The minimum atomic E-state index is -0.159. The molecule has 0 spiro atoms. The van der Waals surface area contributed by atoms with Gasteiger partial charge in [-0.1, -0.05) is 6.92 Å². The number of nitrogens with one attached hydrogen (secondary N) is 1. The van der Waals surface area contributed by atoms with Gasteiger partial charge in [0, 0.05) is 24.7 Å². The fourth-order valence-corrected chi connectivity index (χ4v) is 2.20. The van der Waals surface area contributed by atoms with Gasteiger partial charge in [-0.3, -0.25) is 9.69 Å². The number of morpholine rings is 1. The molecule has 1 fully saturated rings. The van der Waals surface area contributed by atoms with Crippen LogP contribution in [0.4, 0.5) is 0 Å². The van der Waals surface area contributed by atoms with Gasteiger partial charge in [0.1, 0.15) is 0 Å². The first-order chi connectivity index (χ1) is 8.80. The number of nitrogens with two attached hydrogens (primary N) is 1. The highest BCUT2D eigenvalue weighted by Crippen LogP contribution is 2.16. The normalized spacial score (nSPS) is 27.1. The van der Waals surface area contributed by atoms with E-state index in [2.05, 4.69) is 24.1 Å². The van der Waals surface area contributed by atoms with Crippen molar-refractivity contribution in [3.8, 4) is 0 Å². The largest absolute Gasteiger partial charge is 0.374 e. The van der Waals surface area contributed by atoms with Crippen molar-refractivity contribution in [1.82, 2.24) is 10.2 Å². The highest BCUT2D eigenvalue weighted by molar-refractivity contribution is 5.82. The molecule has 0 aromatic heterocycles. The Hall–Kier alpha value is -0.650. The average Bonchev–Trinajstić information content (AvgIpc) is 2.38. The maximum Gasteiger partial charge on any atom is 0.237 e. The second-order valence-electron chi connectivity index (χ2n) is 6.14. The Bertz CT molecular complexity index is 307. The van der Waals surface area contributed by atoms with E-state index in [1.54, 1.807) is 0 Å². The highest BCUT2D eigenvalue weighted by Gasteiger charge is 2.33. The van der Waals surface area contributed by atoms with Crippen molar-refractivity contribution in [3.05, 3.63) is 0 Å². The molecule has 112 valence electrons. The monoisotopic (exact) mass is 271 g/mol. The Morgan fingerprint density at radius 2 is 2.21 bits per heavy atom. The van der Waals surface area contributed by atoms with E-state index in [1.165, 1.54) is 0 Å². The number of amides is 1. The Balaban J connectivity index is 2.64. The summed E-state index contributed by atoms with van der Waals surface area (Å²) in [6.45, 7) is 12.1. The van der Waals surface area contributed by atoms with Crippen molar-refractivity contribution < 1.29 is 9.53 Å². The van der Waals surface area contributed by atoms with Crippen LogP contribution >= 0.6 is 0 Å². The second-order valence-corrected chi connectivity index (χ2v) is 6.14. The zero-order chi connectivity index (χ0) is 14.6. The highest BCUT2D eigenvalue weighted by atomic mass is 16.5. The molecule has 0 radical (unpaired) electrons. The van der Waals surface area contributed by atoms with E-state index < -0.39 is 0 Å². The second kappa shape index (κ2) is 6.68. The quantitative estimate of drug-likeness (QED) is 0.773. The molecule has 0 aromatic rings. The summed E-state index contributed by atoms with van der Waals surface area (Å²) in [6, 6.07) is 0.0899. The molecule has 5 heteroatoms. The van der Waals surface area contributed by atoms with Gasteiger partial charge in [-0.05, 0) is 34.1 Å². The van der Waals surface area contributed by atoms with Crippen molar-refractivity contribution in [2.24, 2.45) is 5.73 Å².